The highest BCUT2D eigenvalue weighted by molar-refractivity contribution is 6.31. The van der Waals surface area contributed by atoms with Gasteiger partial charge in [-0.05, 0) is 37.4 Å². The monoisotopic (exact) mass is 312 g/mol. The van der Waals surface area contributed by atoms with Gasteiger partial charge >= 0.3 is 0 Å². The second-order valence-corrected chi connectivity index (χ2v) is 6.60. The molecule has 4 heteroatoms. The topological polar surface area (TPSA) is 15.3 Å². The van der Waals surface area contributed by atoms with Crippen LogP contribution in [0.3, 0.4) is 0 Å². The maximum atomic E-state index is 13.6. The third-order valence-corrected chi connectivity index (χ3v) is 5.18. The standard InChI is InChI=1S/C17H26ClFN2/c1-4-12(2)16-11-21(13(3)8-9-20-16)10-14-6-5-7-15(19)17(14)18/h5-7,12-13,16,20H,4,8-11H2,1-3H3. The summed E-state index contributed by atoms with van der Waals surface area (Å²) in [5.74, 6) is 0.314. The van der Waals surface area contributed by atoms with Crippen LogP contribution < -0.4 is 5.32 Å². The third kappa shape index (κ3) is 4.18. The Bertz CT molecular complexity index is 466. The average molecular weight is 313 g/mol. The van der Waals surface area contributed by atoms with Gasteiger partial charge in [0.05, 0.1) is 5.02 Å². The molecule has 1 aliphatic rings. The van der Waals surface area contributed by atoms with Crippen molar-refractivity contribution in [2.45, 2.75) is 52.2 Å². The first-order valence-corrected chi connectivity index (χ1v) is 8.31. The van der Waals surface area contributed by atoms with E-state index in [-0.39, 0.29) is 10.8 Å². The molecule has 0 spiro atoms. The molecule has 1 aromatic rings. The molecule has 0 amide bonds. The Kier molecular flexibility index (Phi) is 6.03. The van der Waals surface area contributed by atoms with Gasteiger partial charge in [-0.25, -0.2) is 4.39 Å². The molecule has 1 fully saturated rings. The molecule has 1 heterocycles. The smallest absolute Gasteiger partial charge is 0.142 e. The quantitative estimate of drug-likeness (QED) is 0.901. The fourth-order valence-corrected chi connectivity index (χ4v) is 3.12. The maximum Gasteiger partial charge on any atom is 0.142 e. The number of benzene rings is 1. The SMILES string of the molecule is CCC(C)C1CN(Cc2cccc(F)c2Cl)C(C)CCN1. The molecule has 0 bridgehead atoms. The molecule has 1 N–H and O–H groups in total. The molecule has 21 heavy (non-hydrogen) atoms. The van der Waals surface area contributed by atoms with Crippen LogP contribution in [0, 0.1) is 11.7 Å². The minimum absolute atomic E-state index is 0.266. The van der Waals surface area contributed by atoms with Gasteiger partial charge in [0.2, 0.25) is 0 Å². The molecule has 3 atom stereocenters. The van der Waals surface area contributed by atoms with Crippen LogP contribution in [0.1, 0.15) is 39.2 Å². The van der Waals surface area contributed by atoms with E-state index in [1.165, 1.54) is 12.5 Å². The van der Waals surface area contributed by atoms with Crippen LogP contribution in [0.2, 0.25) is 5.02 Å². The Morgan fingerprint density at radius 1 is 1.48 bits per heavy atom. The summed E-state index contributed by atoms with van der Waals surface area (Å²) >= 11 is 6.11. The van der Waals surface area contributed by atoms with E-state index < -0.39 is 0 Å². The maximum absolute atomic E-state index is 13.6. The first kappa shape index (κ1) is 16.7. The number of hydrogen-bond donors (Lipinski definition) is 1. The first-order chi connectivity index (χ1) is 10.0. The van der Waals surface area contributed by atoms with E-state index >= 15 is 0 Å². The fraction of sp³-hybridized carbons (Fsp3) is 0.647. The normalized spacial score (nSPS) is 25.6. The molecular weight excluding hydrogens is 287 g/mol. The average Bonchev–Trinajstić information content (AvgIpc) is 2.65. The van der Waals surface area contributed by atoms with E-state index in [4.69, 9.17) is 11.6 Å². The summed E-state index contributed by atoms with van der Waals surface area (Å²) in [5.41, 5.74) is 0.883. The van der Waals surface area contributed by atoms with Crippen LogP contribution in [0.15, 0.2) is 18.2 Å². The van der Waals surface area contributed by atoms with Crippen molar-refractivity contribution in [3.05, 3.63) is 34.6 Å². The van der Waals surface area contributed by atoms with Crippen LogP contribution in [0.25, 0.3) is 0 Å². The van der Waals surface area contributed by atoms with Crippen molar-refractivity contribution in [2.24, 2.45) is 5.92 Å². The van der Waals surface area contributed by atoms with Gasteiger partial charge in [0, 0.05) is 25.2 Å². The first-order valence-electron chi connectivity index (χ1n) is 7.93. The molecule has 0 aliphatic carbocycles. The number of nitrogens with zero attached hydrogens (tertiary/aromatic N) is 1. The lowest BCUT2D eigenvalue weighted by atomic mass is 9.98. The van der Waals surface area contributed by atoms with Gasteiger partial charge in [-0.1, -0.05) is 44.0 Å². The van der Waals surface area contributed by atoms with Crippen LogP contribution >= 0.6 is 11.6 Å². The zero-order valence-corrected chi connectivity index (χ0v) is 14.0. The van der Waals surface area contributed by atoms with Crippen molar-refractivity contribution < 1.29 is 4.39 Å². The largest absolute Gasteiger partial charge is 0.312 e. The van der Waals surface area contributed by atoms with Gasteiger partial charge < -0.3 is 5.32 Å². The van der Waals surface area contributed by atoms with E-state index in [9.17, 15) is 4.39 Å². The Labute approximate surface area is 132 Å². The van der Waals surface area contributed by atoms with Crippen LogP contribution in [0.4, 0.5) is 4.39 Å². The molecule has 0 saturated carbocycles. The third-order valence-electron chi connectivity index (χ3n) is 4.76. The van der Waals surface area contributed by atoms with Crippen LogP contribution in [-0.4, -0.2) is 30.1 Å². The molecule has 2 rings (SSSR count). The summed E-state index contributed by atoms with van der Waals surface area (Å²) in [5, 5.41) is 3.92. The summed E-state index contributed by atoms with van der Waals surface area (Å²) in [6, 6.07) is 6.05. The summed E-state index contributed by atoms with van der Waals surface area (Å²) in [4.78, 5) is 2.43. The molecule has 1 saturated heterocycles. The molecule has 1 aliphatic heterocycles. The van der Waals surface area contributed by atoms with E-state index in [1.54, 1.807) is 6.07 Å². The van der Waals surface area contributed by atoms with Crippen molar-refractivity contribution in [2.75, 3.05) is 13.1 Å². The van der Waals surface area contributed by atoms with Crippen molar-refractivity contribution >= 4 is 11.6 Å². The van der Waals surface area contributed by atoms with Crippen LogP contribution in [-0.2, 0) is 6.54 Å². The Morgan fingerprint density at radius 2 is 2.24 bits per heavy atom. The highest BCUT2D eigenvalue weighted by Gasteiger charge is 2.26. The van der Waals surface area contributed by atoms with Crippen molar-refractivity contribution in [3.63, 3.8) is 0 Å². The summed E-state index contributed by atoms with van der Waals surface area (Å²) < 4.78 is 13.6. The van der Waals surface area contributed by atoms with Crippen LogP contribution in [0.5, 0.6) is 0 Å². The molecule has 0 radical (unpaired) electrons. The number of halogens is 2. The Hall–Kier alpha value is -0.640. The Balaban J connectivity index is 2.13. The number of rotatable bonds is 4. The molecule has 118 valence electrons. The van der Waals surface area contributed by atoms with Gasteiger partial charge in [-0.2, -0.15) is 0 Å². The summed E-state index contributed by atoms with van der Waals surface area (Å²) in [6.07, 6.45) is 2.28. The highest BCUT2D eigenvalue weighted by Crippen LogP contribution is 2.24. The second kappa shape index (κ2) is 7.57. The zero-order valence-electron chi connectivity index (χ0n) is 13.2. The molecular formula is C17H26ClFN2. The molecule has 1 aromatic carbocycles. The fourth-order valence-electron chi connectivity index (χ4n) is 2.93. The lowest BCUT2D eigenvalue weighted by Gasteiger charge is -2.31. The molecule has 0 aromatic heterocycles. The van der Waals surface area contributed by atoms with E-state index in [1.807, 2.05) is 6.07 Å². The van der Waals surface area contributed by atoms with E-state index in [0.717, 1.165) is 25.1 Å². The van der Waals surface area contributed by atoms with E-state index in [2.05, 4.69) is 31.0 Å². The van der Waals surface area contributed by atoms with Crippen molar-refractivity contribution in [3.8, 4) is 0 Å². The second-order valence-electron chi connectivity index (χ2n) is 6.23. The summed E-state index contributed by atoms with van der Waals surface area (Å²) in [6.45, 7) is 9.52. The highest BCUT2D eigenvalue weighted by atomic mass is 35.5. The zero-order chi connectivity index (χ0) is 15.4. The lowest BCUT2D eigenvalue weighted by Crippen LogP contribution is -2.43. The van der Waals surface area contributed by atoms with Gasteiger partial charge in [0.25, 0.3) is 0 Å². The molecule has 3 unspecified atom stereocenters. The van der Waals surface area contributed by atoms with Gasteiger partial charge in [-0.3, -0.25) is 4.90 Å². The lowest BCUT2D eigenvalue weighted by molar-refractivity contribution is 0.180. The Morgan fingerprint density at radius 3 is 2.95 bits per heavy atom. The minimum Gasteiger partial charge on any atom is -0.312 e. The minimum atomic E-state index is -0.326. The predicted molar refractivity (Wildman–Crippen MR) is 87.1 cm³/mol. The summed E-state index contributed by atoms with van der Waals surface area (Å²) in [7, 11) is 0. The number of hydrogen-bond acceptors (Lipinski definition) is 2. The van der Waals surface area contributed by atoms with Crippen molar-refractivity contribution in [1.82, 2.24) is 10.2 Å². The van der Waals surface area contributed by atoms with Crippen molar-refractivity contribution in [1.29, 1.82) is 0 Å². The number of nitrogens with one attached hydrogen (secondary N) is 1. The van der Waals surface area contributed by atoms with Gasteiger partial charge in [-0.15, -0.1) is 0 Å². The van der Waals surface area contributed by atoms with E-state index in [0.29, 0.717) is 24.5 Å². The van der Waals surface area contributed by atoms with Gasteiger partial charge in [0.1, 0.15) is 5.82 Å². The predicted octanol–water partition coefficient (Wildman–Crippen LogP) is 4.08. The molecule has 2 nitrogen and oxygen atoms in total. The van der Waals surface area contributed by atoms with Gasteiger partial charge in [0.15, 0.2) is 0 Å².